The number of fused-ring (bicyclic) bond motifs is 1. The van der Waals surface area contributed by atoms with Crippen LogP contribution in [0.4, 0.5) is 15.8 Å². The summed E-state index contributed by atoms with van der Waals surface area (Å²) in [5, 5.41) is 12.0. The minimum absolute atomic E-state index is 0.0640. The summed E-state index contributed by atoms with van der Waals surface area (Å²) in [4.78, 5) is 12.9. The van der Waals surface area contributed by atoms with Crippen molar-refractivity contribution in [1.82, 2.24) is 0 Å². The van der Waals surface area contributed by atoms with Crippen molar-refractivity contribution in [2.75, 3.05) is 23.8 Å². The van der Waals surface area contributed by atoms with Crippen molar-refractivity contribution in [3.63, 3.8) is 0 Å². The molecule has 0 amide bonds. The van der Waals surface area contributed by atoms with Crippen LogP contribution >= 0.6 is 0 Å². The van der Waals surface area contributed by atoms with Gasteiger partial charge in [-0.15, -0.1) is 0 Å². The summed E-state index contributed by atoms with van der Waals surface area (Å²) in [5.41, 5.74) is 6.33. The molecule has 0 saturated heterocycles. The second kappa shape index (κ2) is 7.77. The third-order valence-electron chi connectivity index (χ3n) is 5.09. The quantitative estimate of drug-likeness (QED) is 0.817. The number of carbonyl (C=O) groups is 1. The predicted molar refractivity (Wildman–Crippen MR) is 102 cm³/mol. The molecule has 1 heterocycles. The average molecular weight is 356 g/mol. The molecule has 0 spiro atoms. The van der Waals surface area contributed by atoms with Crippen LogP contribution in [0.25, 0.3) is 0 Å². The van der Waals surface area contributed by atoms with Gasteiger partial charge in [0.05, 0.1) is 0 Å². The SMILES string of the molecule is Cc1c(CNc2ccc(CCC(=O)O)c(F)c2)ccc2c1N(C)CCC2. The second-order valence-electron chi connectivity index (χ2n) is 6.94. The number of nitrogens with zero attached hydrogens (tertiary/aromatic N) is 1. The highest BCUT2D eigenvalue weighted by molar-refractivity contribution is 5.67. The van der Waals surface area contributed by atoms with Crippen LogP contribution in [0.15, 0.2) is 30.3 Å². The van der Waals surface area contributed by atoms with E-state index < -0.39 is 5.97 Å². The molecule has 4 nitrogen and oxygen atoms in total. The first kappa shape index (κ1) is 18.2. The molecule has 2 N–H and O–H groups in total. The number of hydrogen-bond donors (Lipinski definition) is 2. The van der Waals surface area contributed by atoms with E-state index in [4.69, 9.17) is 5.11 Å². The molecule has 0 saturated carbocycles. The Morgan fingerprint density at radius 3 is 2.77 bits per heavy atom. The van der Waals surface area contributed by atoms with Gasteiger partial charge in [0.25, 0.3) is 0 Å². The Morgan fingerprint density at radius 1 is 1.27 bits per heavy atom. The largest absolute Gasteiger partial charge is 0.481 e. The molecule has 5 heteroatoms. The van der Waals surface area contributed by atoms with Crippen molar-refractivity contribution in [3.8, 4) is 0 Å². The molecular weight excluding hydrogens is 331 g/mol. The first-order valence-corrected chi connectivity index (χ1v) is 9.02. The molecule has 2 aromatic carbocycles. The van der Waals surface area contributed by atoms with Gasteiger partial charge in [0.1, 0.15) is 5.82 Å². The van der Waals surface area contributed by atoms with Crippen molar-refractivity contribution in [2.24, 2.45) is 0 Å². The number of carboxylic acid groups (broad SMARTS) is 1. The summed E-state index contributed by atoms with van der Waals surface area (Å²) in [5.74, 6) is -1.28. The van der Waals surface area contributed by atoms with Crippen LogP contribution in [0.5, 0.6) is 0 Å². The van der Waals surface area contributed by atoms with E-state index in [1.807, 2.05) is 0 Å². The van der Waals surface area contributed by atoms with Crippen LogP contribution in [0, 0.1) is 12.7 Å². The smallest absolute Gasteiger partial charge is 0.303 e. The molecule has 0 bridgehead atoms. The molecule has 0 fully saturated rings. The molecule has 3 rings (SSSR count). The third-order valence-corrected chi connectivity index (χ3v) is 5.09. The van der Waals surface area contributed by atoms with Gasteiger partial charge in [-0.05, 0) is 60.6 Å². The minimum Gasteiger partial charge on any atom is -0.481 e. The number of halogens is 1. The molecule has 2 aromatic rings. The number of benzene rings is 2. The lowest BCUT2D eigenvalue weighted by molar-refractivity contribution is -0.136. The van der Waals surface area contributed by atoms with Gasteiger partial charge in [-0.25, -0.2) is 4.39 Å². The zero-order chi connectivity index (χ0) is 18.7. The highest BCUT2D eigenvalue weighted by Crippen LogP contribution is 2.32. The summed E-state index contributed by atoms with van der Waals surface area (Å²) >= 11 is 0. The maximum atomic E-state index is 14.1. The van der Waals surface area contributed by atoms with Crippen molar-refractivity contribution in [2.45, 2.75) is 39.2 Å². The molecule has 1 aliphatic heterocycles. The van der Waals surface area contributed by atoms with Crippen LogP contribution in [0.2, 0.25) is 0 Å². The maximum absolute atomic E-state index is 14.1. The van der Waals surface area contributed by atoms with E-state index in [0.29, 0.717) is 17.8 Å². The number of nitrogens with one attached hydrogen (secondary N) is 1. The van der Waals surface area contributed by atoms with Gasteiger partial charge in [-0.1, -0.05) is 18.2 Å². The van der Waals surface area contributed by atoms with Crippen molar-refractivity contribution < 1.29 is 14.3 Å². The van der Waals surface area contributed by atoms with Gasteiger partial charge >= 0.3 is 5.97 Å². The van der Waals surface area contributed by atoms with Gasteiger partial charge in [-0.3, -0.25) is 4.79 Å². The molecule has 0 radical (unpaired) electrons. The van der Waals surface area contributed by atoms with Crippen LogP contribution in [-0.4, -0.2) is 24.7 Å². The lowest BCUT2D eigenvalue weighted by Gasteiger charge is -2.30. The highest BCUT2D eigenvalue weighted by atomic mass is 19.1. The number of rotatable bonds is 6. The van der Waals surface area contributed by atoms with Gasteiger partial charge in [0, 0.05) is 37.9 Å². The number of hydrogen-bond acceptors (Lipinski definition) is 3. The fourth-order valence-corrected chi connectivity index (χ4v) is 3.64. The normalized spacial score (nSPS) is 13.4. The topological polar surface area (TPSA) is 52.6 Å². The summed E-state index contributed by atoms with van der Waals surface area (Å²) in [6.45, 7) is 3.85. The number of carboxylic acids is 1. The third kappa shape index (κ3) is 3.98. The summed E-state index contributed by atoms with van der Waals surface area (Å²) < 4.78 is 14.1. The van der Waals surface area contributed by atoms with Crippen LogP contribution in [0.3, 0.4) is 0 Å². The monoisotopic (exact) mass is 356 g/mol. The highest BCUT2D eigenvalue weighted by Gasteiger charge is 2.17. The Labute approximate surface area is 153 Å². The number of anilines is 2. The molecule has 0 unspecified atom stereocenters. The van der Waals surface area contributed by atoms with Crippen LogP contribution < -0.4 is 10.2 Å². The van der Waals surface area contributed by atoms with E-state index in [2.05, 4.69) is 36.3 Å². The van der Waals surface area contributed by atoms with E-state index in [1.54, 1.807) is 12.1 Å². The summed E-state index contributed by atoms with van der Waals surface area (Å²) in [6.07, 6.45) is 2.45. The molecule has 26 heavy (non-hydrogen) atoms. The Morgan fingerprint density at radius 2 is 2.04 bits per heavy atom. The molecule has 1 aliphatic rings. The van der Waals surface area contributed by atoms with Gasteiger partial charge in [0.15, 0.2) is 0 Å². The van der Waals surface area contributed by atoms with Crippen molar-refractivity contribution in [3.05, 3.63) is 58.4 Å². The number of aryl methyl sites for hydroxylation is 2. The Bertz CT molecular complexity index is 820. The lowest BCUT2D eigenvalue weighted by Crippen LogP contribution is -2.26. The van der Waals surface area contributed by atoms with Gasteiger partial charge in [-0.2, -0.15) is 0 Å². The van der Waals surface area contributed by atoms with E-state index >= 15 is 0 Å². The molecule has 0 atom stereocenters. The lowest BCUT2D eigenvalue weighted by atomic mass is 9.95. The van der Waals surface area contributed by atoms with Gasteiger partial charge < -0.3 is 15.3 Å². The molecule has 0 aliphatic carbocycles. The summed E-state index contributed by atoms with van der Waals surface area (Å²) in [6, 6.07) is 9.26. The van der Waals surface area contributed by atoms with Crippen LogP contribution in [-0.2, 0) is 24.2 Å². The van der Waals surface area contributed by atoms with Crippen molar-refractivity contribution in [1.29, 1.82) is 0 Å². The maximum Gasteiger partial charge on any atom is 0.303 e. The first-order valence-electron chi connectivity index (χ1n) is 9.02. The Kier molecular flexibility index (Phi) is 5.45. The fourth-order valence-electron chi connectivity index (χ4n) is 3.64. The van der Waals surface area contributed by atoms with E-state index in [-0.39, 0.29) is 18.7 Å². The minimum atomic E-state index is -0.917. The average Bonchev–Trinajstić information content (AvgIpc) is 2.60. The van der Waals surface area contributed by atoms with E-state index in [1.165, 1.54) is 34.9 Å². The fraction of sp³-hybridized carbons (Fsp3) is 0.381. The first-order chi connectivity index (χ1) is 12.5. The standard InChI is InChI=1S/C21H25FN2O2/c1-14-17(6-5-16-4-3-11-24(2)21(14)16)13-23-18-9-7-15(19(22)12-18)8-10-20(25)26/h5-7,9,12,23H,3-4,8,10-11,13H2,1-2H3,(H,25,26). The summed E-state index contributed by atoms with van der Waals surface area (Å²) in [7, 11) is 2.13. The second-order valence-corrected chi connectivity index (χ2v) is 6.94. The Balaban J connectivity index is 1.70. The van der Waals surface area contributed by atoms with Gasteiger partial charge in [0.2, 0.25) is 0 Å². The predicted octanol–water partition coefficient (Wildman–Crippen LogP) is 4.15. The molecule has 138 valence electrons. The van der Waals surface area contributed by atoms with E-state index in [0.717, 1.165) is 13.0 Å². The van der Waals surface area contributed by atoms with Crippen LogP contribution in [0.1, 0.15) is 35.1 Å². The zero-order valence-corrected chi connectivity index (χ0v) is 15.3. The van der Waals surface area contributed by atoms with Crippen molar-refractivity contribution >= 4 is 17.3 Å². The number of aliphatic carboxylic acids is 1. The van der Waals surface area contributed by atoms with E-state index in [9.17, 15) is 9.18 Å². The zero-order valence-electron chi connectivity index (χ0n) is 15.3. The molecular formula is C21H25FN2O2. The molecule has 0 aromatic heterocycles. The Hall–Kier alpha value is -2.56.